The van der Waals surface area contributed by atoms with Gasteiger partial charge < -0.3 is 0 Å². The number of allylic oxidation sites excluding steroid dienone is 2. The molecule has 0 spiro atoms. The van der Waals surface area contributed by atoms with Crippen molar-refractivity contribution in [2.45, 2.75) is 79.1 Å². The lowest BCUT2D eigenvalue weighted by molar-refractivity contribution is 0.495. The van der Waals surface area contributed by atoms with E-state index in [2.05, 4.69) is 45.5 Å². The Morgan fingerprint density at radius 1 is 0.947 bits per heavy atom. The monoisotopic (exact) mass is 258 g/mol. The van der Waals surface area contributed by atoms with Gasteiger partial charge in [0.05, 0.1) is 0 Å². The van der Waals surface area contributed by atoms with Crippen molar-refractivity contribution in [2.75, 3.05) is 0 Å². The van der Waals surface area contributed by atoms with E-state index in [9.17, 15) is 0 Å². The fourth-order valence-corrected chi connectivity index (χ4v) is 1.99. The molecule has 0 heterocycles. The number of rotatable bonds is 8. The zero-order chi connectivity index (χ0) is 14.5. The van der Waals surface area contributed by atoms with Gasteiger partial charge in [0.2, 0.25) is 0 Å². The molecule has 0 nitrogen and oxygen atoms in total. The highest BCUT2D eigenvalue weighted by Crippen LogP contribution is 2.19. The summed E-state index contributed by atoms with van der Waals surface area (Å²) in [6.45, 7) is 9.03. The zero-order valence-electron chi connectivity index (χ0n) is 13.3. The number of unbranched alkanes of at least 4 members (excludes halogenated alkanes) is 4. The lowest BCUT2D eigenvalue weighted by atomic mass is 9.94. The van der Waals surface area contributed by atoms with Gasteiger partial charge in [-0.2, -0.15) is 0 Å². The number of terminal acetylenes is 1. The summed E-state index contributed by atoms with van der Waals surface area (Å²) < 4.78 is 0. The molecule has 0 aromatic heterocycles. The minimum Gasteiger partial charge on any atom is -0.120 e. The van der Waals surface area contributed by atoms with E-state index in [0.717, 1.165) is 31.6 Å². The molecule has 0 aliphatic rings. The molecule has 0 amide bonds. The summed E-state index contributed by atoms with van der Waals surface area (Å²) in [7, 11) is 0. The highest BCUT2D eigenvalue weighted by Gasteiger charge is 2.03. The van der Waals surface area contributed by atoms with Gasteiger partial charge >= 0.3 is 0 Å². The molecule has 0 saturated heterocycles. The van der Waals surface area contributed by atoms with Gasteiger partial charge in [-0.15, -0.1) is 24.2 Å². The van der Waals surface area contributed by atoms with Crippen LogP contribution < -0.4 is 0 Å². The quantitative estimate of drug-likeness (QED) is 0.296. The summed E-state index contributed by atoms with van der Waals surface area (Å²) >= 11 is 0. The maximum Gasteiger partial charge on any atom is 0.00977 e. The zero-order valence-corrected chi connectivity index (χ0v) is 13.3. The van der Waals surface area contributed by atoms with Crippen molar-refractivity contribution >= 4 is 0 Å². The summed E-state index contributed by atoms with van der Waals surface area (Å²) in [6.07, 6.45) is 14.2. The maximum absolute atomic E-state index is 5.19. The third-order valence-electron chi connectivity index (χ3n) is 3.50. The summed E-state index contributed by atoms with van der Waals surface area (Å²) in [4.78, 5) is 0. The van der Waals surface area contributed by atoms with Crippen LogP contribution in [0, 0.1) is 30.1 Å². The highest BCUT2D eigenvalue weighted by molar-refractivity contribution is 5.07. The molecule has 19 heavy (non-hydrogen) atoms. The first-order valence-corrected chi connectivity index (χ1v) is 7.60. The molecule has 0 aliphatic carbocycles. The fraction of sp³-hybridized carbons (Fsp3) is 0.684. The Balaban J connectivity index is 3.54. The fourth-order valence-electron chi connectivity index (χ4n) is 1.99. The lowest BCUT2D eigenvalue weighted by Gasteiger charge is -2.12. The van der Waals surface area contributed by atoms with Crippen LogP contribution in [0.3, 0.4) is 0 Å². The molecule has 106 valence electrons. The average Bonchev–Trinajstić information content (AvgIpc) is 2.36. The largest absolute Gasteiger partial charge is 0.120 e. The standard InChI is InChI=1S/C19H30/c1-6-7-8-9-10-11-12-13-14-15-18(4)16-19(5)17(2)3/h1,18H,7-9,12-16H2,2-5H3. The van der Waals surface area contributed by atoms with Crippen LogP contribution in [0.1, 0.15) is 79.1 Å². The molecular weight excluding hydrogens is 228 g/mol. The van der Waals surface area contributed by atoms with Crippen LogP contribution in [0.4, 0.5) is 0 Å². The van der Waals surface area contributed by atoms with Crippen molar-refractivity contribution in [3.63, 3.8) is 0 Å². The Kier molecular flexibility index (Phi) is 11.2. The predicted molar refractivity (Wildman–Crippen MR) is 86.8 cm³/mol. The Morgan fingerprint density at radius 2 is 1.58 bits per heavy atom. The maximum atomic E-state index is 5.19. The third kappa shape index (κ3) is 11.7. The first-order chi connectivity index (χ1) is 9.07. The van der Waals surface area contributed by atoms with Crippen molar-refractivity contribution in [3.8, 4) is 24.2 Å². The SMILES string of the molecule is C#CCCCC#CCCCCC(C)CC(C)=C(C)C. The van der Waals surface area contributed by atoms with Crippen molar-refractivity contribution in [3.05, 3.63) is 11.1 Å². The van der Waals surface area contributed by atoms with Crippen molar-refractivity contribution < 1.29 is 0 Å². The molecule has 0 bridgehead atoms. The smallest absolute Gasteiger partial charge is 0.00977 e. The molecule has 0 rings (SSSR count). The highest BCUT2D eigenvalue weighted by atomic mass is 14.1. The van der Waals surface area contributed by atoms with Gasteiger partial charge in [-0.25, -0.2) is 0 Å². The van der Waals surface area contributed by atoms with E-state index in [-0.39, 0.29) is 0 Å². The van der Waals surface area contributed by atoms with Crippen LogP contribution in [0.15, 0.2) is 11.1 Å². The molecule has 0 aromatic carbocycles. The van der Waals surface area contributed by atoms with Crippen LogP contribution in [-0.2, 0) is 0 Å². The van der Waals surface area contributed by atoms with Crippen LogP contribution in [0.2, 0.25) is 0 Å². The first kappa shape index (κ1) is 17.9. The average molecular weight is 258 g/mol. The Morgan fingerprint density at radius 3 is 2.16 bits per heavy atom. The van der Waals surface area contributed by atoms with E-state index >= 15 is 0 Å². The van der Waals surface area contributed by atoms with E-state index in [1.165, 1.54) is 31.3 Å². The Hall–Kier alpha value is -1.14. The van der Waals surface area contributed by atoms with Gasteiger partial charge in [-0.3, -0.25) is 0 Å². The minimum atomic E-state index is 0.804. The van der Waals surface area contributed by atoms with Crippen LogP contribution in [-0.4, -0.2) is 0 Å². The normalized spacial score (nSPS) is 11.1. The second-order valence-corrected chi connectivity index (χ2v) is 5.75. The van der Waals surface area contributed by atoms with Gasteiger partial charge in [0.1, 0.15) is 0 Å². The van der Waals surface area contributed by atoms with Gasteiger partial charge in [-0.05, 0) is 46.0 Å². The predicted octanol–water partition coefficient (Wildman–Crippen LogP) is 5.74. The molecule has 1 unspecified atom stereocenters. The molecule has 0 saturated carbocycles. The van der Waals surface area contributed by atoms with Crippen LogP contribution >= 0.6 is 0 Å². The minimum absolute atomic E-state index is 0.804. The molecule has 0 N–H and O–H groups in total. The topological polar surface area (TPSA) is 0 Å². The summed E-state index contributed by atoms with van der Waals surface area (Å²) in [5.74, 6) is 9.90. The second kappa shape index (κ2) is 11.9. The van der Waals surface area contributed by atoms with Crippen molar-refractivity contribution in [1.82, 2.24) is 0 Å². The van der Waals surface area contributed by atoms with E-state index < -0.39 is 0 Å². The molecule has 0 aromatic rings. The van der Waals surface area contributed by atoms with Crippen LogP contribution in [0.5, 0.6) is 0 Å². The lowest BCUT2D eigenvalue weighted by Crippen LogP contribution is -1.96. The molecular formula is C19H30. The summed E-state index contributed by atoms with van der Waals surface area (Å²) in [5.41, 5.74) is 3.03. The van der Waals surface area contributed by atoms with E-state index in [1.807, 2.05) is 0 Å². The number of hydrogen-bond acceptors (Lipinski definition) is 0. The van der Waals surface area contributed by atoms with E-state index in [1.54, 1.807) is 5.57 Å². The molecule has 0 radical (unpaired) electrons. The Labute approximate surface area is 121 Å². The summed E-state index contributed by atoms with van der Waals surface area (Å²) in [6, 6.07) is 0. The summed E-state index contributed by atoms with van der Waals surface area (Å²) in [5, 5.41) is 0. The Bertz CT molecular complexity index is 350. The first-order valence-electron chi connectivity index (χ1n) is 7.60. The van der Waals surface area contributed by atoms with Crippen LogP contribution in [0.25, 0.3) is 0 Å². The van der Waals surface area contributed by atoms with Gasteiger partial charge in [-0.1, -0.05) is 30.9 Å². The molecule has 0 fully saturated rings. The van der Waals surface area contributed by atoms with Gasteiger partial charge in [0.25, 0.3) is 0 Å². The van der Waals surface area contributed by atoms with Crippen molar-refractivity contribution in [1.29, 1.82) is 0 Å². The molecule has 0 aliphatic heterocycles. The van der Waals surface area contributed by atoms with E-state index in [0.29, 0.717) is 0 Å². The third-order valence-corrected chi connectivity index (χ3v) is 3.50. The van der Waals surface area contributed by atoms with E-state index in [4.69, 9.17) is 6.42 Å². The van der Waals surface area contributed by atoms with Gasteiger partial charge in [0, 0.05) is 19.3 Å². The second-order valence-electron chi connectivity index (χ2n) is 5.75. The molecule has 0 heteroatoms. The molecule has 1 atom stereocenters. The van der Waals surface area contributed by atoms with Crippen molar-refractivity contribution in [2.24, 2.45) is 5.92 Å². The number of hydrogen-bond donors (Lipinski definition) is 0. The van der Waals surface area contributed by atoms with Gasteiger partial charge in [0.15, 0.2) is 0 Å².